The predicted molar refractivity (Wildman–Crippen MR) is 65.0 cm³/mol. The number of likely N-dealkylation sites (tertiary alicyclic amines) is 1. The van der Waals surface area contributed by atoms with Gasteiger partial charge >= 0.3 is 0 Å². The first-order valence-corrected chi connectivity index (χ1v) is 6.09. The van der Waals surface area contributed by atoms with E-state index in [1.54, 1.807) is 6.07 Å². The summed E-state index contributed by atoms with van der Waals surface area (Å²) in [5.41, 5.74) is 0. The fraction of sp³-hybridized carbons (Fsp3) is 0.583. The Morgan fingerprint density at radius 2 is 2.25 bits per heavy atom. The largest absolute Gasteiger partial charge is 0.474 e. The van der Waals surface area contributed by atoms with Crippen LogP contribution in [0.1, 0.15) is 19.3 Å². The van der Waals surface area contributed by atoms with Gasteiger partial charge in [0.2, 0.25) is 5.88 Å². The van der Waals surface area contributed by atoms with E-state index in [2.05, 4.69) is 16.9 Å². The molecule has 2 heterocycles. The van der Waals surface area contributed by atoms with E-state index in [1.165, 1.54) is 6.42 Å². The smallest absolute Gasteiger partial charge is 0.214 e. The minimum atomic E-state index is 0.274. The molecule has 1 aliphatic heterocycles. The van der Waals surface area contributed by atoms with Gasteiger partial charge in [-0.3, -0.25) is 0 Å². The fourth-order valence-electron chi connectivity index (χ4n) is 1.95. The van der Waals surface area contributed by atoms with Gasteiger partial charge in [0, 0.05) is 12.6 Å². The van der Waals surface area contributed by atoms with Gasteiger partial charge in [-0.2, -0.15) is 0 Å². The molecule has 3 nitrogen and oxygen atoms in total. The maximum absolute atomic E-state index is 5.84. The second kappa shape index (κ2) is 5.51. The topological polar surface area (TPSA) is 25.4 Å². The van der Waals surface area contributed by atoms with Crippen LogP contribution in [0.5, 0.6) is 5.88 Å². The molecule has 1 aromatic rings. The van der Waals surface area contributed by atoms with Crippen molar-refractivity contribution in [3.8, 4) is 5.88 Å². The molecule has 0 N–H and O–H groups in total. The third kappa shape index (κ3) is 3.35. The van der Waals surface area contributed by atoms with E-state index in [0.29, 0.717) is 11.0 Å². The molecule has 1 unspecified atom stereocenters. The number of ether oxygens (including phenoxy) is 1. The van der Waals surface area contributed by atoms with Crippen molar-refractivity contribution in [2.24, 2.45) is 0 Å². The molecular formula is C12H17ClN2O. The monoisotopic (exact) mass is 240 g/mol. The van der Waals surface area contributed by atoms with E-state index in [9.17, 15) is 0 Å². The van der Waals surface area contributed by atoms with Gasteiger partial charge < -0.3 is 9.64 Å². The molecule has 0 bridgehead atoms. The molecule has 0 aliphatic carbocycles. The minimum Gasteiger partial charge on any atom is -0.474 e. The number of pyridine rings is 1. The second-order valence-corrected chi connectivity index (χ2v) is 4.66. The van der Waals surface area contributed by atoms with Crippen molar-refractivity contribution in [1.82, 2.24) is 9.88 Å². The zero-order valence-electron chi connectivity index (χ0n) is 9.53. The first kappa shape index (κ1) is 11.7. The maximum atomic E-state index is 5.84. The standard InChI is InChI=1S/C12H17ClN2O/c1-15-8-3-4-10(7-9-15)16-12-6-2-5-11(13)14-12/h2,5-6,10H,3-4,7-9H2,1H3. The van der Waals surface area contributed by atoms with Gasteiger partial charge in [0.15, 0.2) is 0 Å². The summed E-state index contributed by atoms with van der Waals surface area (Å²) in [5.74, 6) is 0.641. The molecule has 1 atom stereocenters. The van der Waals surface area contributed by atoms with Crippen molar-refractivity contribution >= 4 is 11.6 Å². The summed E-state index contributed by atoms with van der Waals surface area (Å²) in [6.07, 6.45) is 3.61. The Bertz CT molecular complexity index is 346. The summed E-state index contributed by atoms with van der Waals surface area (Å²) in [5, 5.41) is 0.489. The summed E-state index contributed by atoms with van der Waals surface area (Å²) < 4.78 is 5.84. The Kier molecular flexibility index (Phi) is 4.02. The highest BCUT2D eigenvalue weighted by Crippen LogP contribution is 2.18. The summed E-state index contributed by atoms with van der Waals surface area (Å²) in [7, 11) is 2.15. The number of halogens is 1. The van der Waals surface area contributed by atoms with Crippen LogP contribution in [-0.4, -0.2) is 36.1 Å². The Morgan fingerprint density at radius 3 is 3.06 bits per heavy atom. The summed E-state index contributed by atoms with van der Waals surface area (Å²) in [4.78, 5) is 6.49. The van der Waals surface area contributed by atoms with Crippen molar-refractivity contribution in [2.45, 2.75) is 25.4 Å². The normalized spacial score (nSPS) is 22.8. The third-order valence-corrected chi connectivity index (χ3v) is 3.09. The SMILES string of the molecule is CN1CCCC(Oc2cccc(Cl)n2)CC1. The highest BCUT2D eigenvalue weighted by atomic mass is 35.5. The second-order valence-electron chi connectivity index (χ2n) is 4.27. The number of rotatable bonds is 2. The van der Waals surface area contributed by atoms with Crippen LogP contribution in [0.2, 0.25) is 5.15 Å². The van der Waals surface area contributed by atoms with Gasteiger partial charge in [0.1, 0.15) is 11.3 Å². The van der Waals surface area contributed by atoms with Crippen LogP contribution in [-0.2, 0) is 0 Å². The van der Waals surface area contributed by atoms with E-state index >= 15 is 0 Å². The van der Waals surface area contributed by atoms with Gasteiger partial charge in [-0.05, 0) is 38.9 Å². The van der Waals surface area contributed by atoms with Crippen LogP contribution in [0.15, 0.2) is 18.2 Å². The molecule has 0 spiro atoms. The fourth-order valence-corrected chi connectivity index (χ4v) is 2.11. The van der Waals surface area contributed by atoms with Crippen LogP contribution >= 0.6 is 11.6 Å². The summed E-state index contributed by atoms with van der Waals surface area (Å²) >= 11 is 5.82. The Labute approximate surface area is 101 Å². The molecule has 1 saturated heterocycles. The van der Waals surface area contributed by atoms with Gasteiger partial charge in [-0.15, -0.1) is 0 Å². The van der Waals surface area contributed by atoms with Crippen molar-refractivity contribution in [3.05, 3.63) is 23.4 Å². The van der Waals surface area contributed by atoms with Crippen LogP contribution < -0.4 is 4.74 Å². The molecule has 0 aromatic carbocycles. The van der Waals surface area contributed by atoms with E-state index < -0.39 is 0 Å². The first-order valence-electron chi connectivity index (χ1n) is 5.72. The number of aromatic nitrogens is 1. The van der Waals surface area contributed by atoms with Gasteiger partial charge in [-0.1, -0.05) is 17.7 Å². The quantitative estimate of drug-likeness (QED) is 0.743. The molecular weight excluding hydrogens is 224 g/mol. The maximum Gasteiger partial charge on any atom is 0.214 e. The van der Waals surface area contributed by atoms with Crippen molar-refractivity contribution in [2.75, 3.05) is 20.1 Å². The lowest BCUT2D eigenvalue weighted by Crippen LogP contribution is -2.21. The molecule has 0 radical (unpaired) electrons. The van der Waals surface area contributed by atoms with Crippen LogP contribution in [0.25, 0.3) is 0 Å². The Morgan fingerprint density at radius 1 is 1.38 bits per heavy atom. The zero-order chi connectivity index (χ0) is 11.4. The first-order chi connectivity index (χ1) is 7.74. The van der Waals surface area contributed by atoms with E-state index in [-0.39, 0.29) is 6.10 Å². The predicted octanol–water partition coefficient (Wildman–Crippen LogP) is 2.60. The summed E-state index contributed by atoms with van der Waals surface area (Å²) in [6, 6.07) is 5.49. The van der Waals surface area contributed by atoms with Crippen LogP contribution in [0, 0.1) is 0 Å². The zero-order valence-corrected chi connectivity index (χ0v) is 10.3. The molecule has 16 heavy (non-hydrogen) atoms. The molecule has 2 rings (SSSR count). The number of hydrogen-bond donors (Lipinski definition) is 0. The average Bonchev–Trinajstić information content (AvgIpc) is 2.44. The van der Waals surface area contributed by atoms with Crippen LogP contribution in [0.3, 0.4) is 0 Å². The number of nitrogens with zero attached hydrogens (tertiary/aromatic N) is 2. The molecule has 88 valence electrons. The molecule has 1 aliphatic rings. The summed E-state index contributed by atoms with van der Waals surface area (Å²) in [6.45, 7) is 2.24. The lowest BCUT2D eigenvalue weighted by molar-refractivity contribution is 0.176. The molecule has 1 fully saturated rings. The Balaban J connectivity index is 1.93. The van der Waals surface area contributed by atoms with E-state index in [1.807, 2.05) is 12.1 Å². The molecule has 4 heteroatoms. The van der Waals surface area contributed by atoms with Gasteiger partial charge in [-0.25, -0.2) is 4.98 Å². The van der Waals surface area contributed by atoms with Crippen LogP contribution in [0.4, 0.5) is 0 Å². The Hall–Kier alpha value is -0.800. The van der Waals surface area contributed by atoms with Crippen molar-refractivity contribution in [3.63, 3.8) is 0 Å². The molecule has 0 amide bonds. The lowest BCUT2D eigenvalue weighted by Gasteiger charge is -2.16. The minimum absolute atomic E-state index is 0.274. The highest BCUT2D eigenvalue weighted by molar-refractivity contribution is 6.29. The third-order valence-electron chi connectivity index (χ3n) is 2.88. The van der Waals surface area contributed by atoms with E-state index in [4.69, 9.17) is 16.3 Å². The van der Waals surface area contributed by atoms with Crippen molar-refractivity contribution < 1.29 is 4.74 Å². The lowest BCUT2D eigenvalue weighted by atomic mass is 10.2. The highest BCUT2D eigenvalue weighted by Gasteiger charge is 2.16. The van der Waals surface area contributed by atoms with Gasteiger partial charge in [0.25, 0.3) is 0 Å². The molecule has 1 aromatic heterocycles. The number of hydrogen-bond acceptors (Lipinski definition) is 3. The van der Waals surface area contributed by atoms with E-state index in [0.717, 1.165) is 25.9 Å². The van der Waals surface area contributed by atoms with Crippen molar-refractivity contribution in [1.29, 1.82) is 0 Å². The van der Waals surface area contributed by atoms with Gasteiger partial charge in [0.05, 0.1) is 0 Å². The average molecular weight is 241 g/mol. The molecule has 0 saturated carbocycles.